The van der Waals surface area contributed by atoms with Crippen molar-refractivity contribution in [2.75, 3.05) is 26.2 Å². The van der Waals surface area contributed by atoms with Crippen LogP contribution < -0.4 is 0 Å². The van der Waals surface area contributed by atoms with E-state index in [-0.39, 0.29) is 19.2 Å². The standard InChI is InChI=1S/C13H28N2O3S/c1-4-13(5-2)15(9-10-16)19(17,18)14-8-6-7-12(3)11-14/h12-13,16H,4-11H2,1-3H3. The molecule has 6 heteroatoms. The van der Waals surface area contributed by atoms with E-state index in [1.54, 1.807) is 4.31 Å². The maximum absolute atomic E-state index is 12.7. The lowest BCUT2D eigenvalue weighted by Crippen LogP contribution is -2.51. The van der Waals surface area contributed by atoms with Crippen molar-refractivity contribution in [1.29, 1.82) is 0 Å². The Hall–Kier alpha value is -0.170. The van der Waals surface area contributed by atoms with Gasteiger partial charge in [-0.2, -0.15) is 17.0 Å². The van der Waals surface area contributed by atoms with E-state index in [9.17, 15) is 8.42 Å². The summed E-state index contributed by atoms with van der Waals surface area (Å²) in [7, 11) is -3.44. The van der Waals surface area contributed by atoms with Crippen LogP contribution in [0, 0.1) is 5.92 Å². The third-order valence-corrected chi connectivity index (χ3v) is 5.97. The van der Waals surface area contributed by atoms with Gasteiger partial charge in [-0.25, -0.2) is 0 Å². The van der Waals surface area contributed by atoms with Crippen molar-refractivity contribution in [1.82, 2.24) is 8.61 Å². The Bertz CT molecular complexity index is 355. The molecule has 0 aromatic rings. The van der Waals surface area contributed by atoms with Gasteiger partial charge in [0.1, 0.15) is 0 Å². The van der Waals surface area contributed by atoms with E-state index in [1.165, 1.54) is 4.31 Å². The van der Waals surface area contributed by atoms with Gasteiger partial charge >= 0.3 is 0 Å². The smallest absolute Gasteiger partial charge is 0.282 e. The number of aliphatic hydroxyl groups is 1. The monoisotopic (exact) mass is 292 g/mol. The van der Waals surface area contributed by atoms with Crippen LogP contribution in [0.2, 0.25) is 0 Å². The molecule has 0 aromatic heterocycles. The fraction of sp³-hybridized carbons (Fsp3) is 1.00. The molecule has 0 bridgehead atoms. The summed E-state index contributed by atoms with van der Waals surface area (Å²) in [4.78, 5) is 0. The zero-order valence-electron chi connectivity index (χ0n) is 12.4. The van der Waals surface area contributed by atoms with Gasteiger partial charge in [-0.15, -0.1) is 0 Å². The fourth-order valence-electron chi connectivity index (χ4n) is 2.78. The number of aliphatic hydroxyl groups excluding tert-OH is 1. The highest BCUT2D eigenvalue weighted by Crippen LogP contribution is 2.23. The summed E-state index contributed by atoms with van der Waals surface area (Å²) in [6.45, 7) is 7.35. The quantitative estimate of drug-likeness (QED) is 0.772. The molecule has 1 unspecified atom stereocenters. The van der Waals surface area contributed by atoms with Crippen molar-refractivity contribution in [3.8, 4) is 0 Å². The molecule has 114 valence electrons. The molecule has 0 aliphatic carbocycles. The molecule has 1 saturated heterocycles. The fourth-order valence-corrected chi connectivity index (χ4v) is 4.87. The van der Waals surface area contributed by atoms with E-state index in [2.05, 4.69) is 6.92 Å². The van der Waals surface area contributed by atoms with Gasteiger partial charge in [0.2, 0.25) is 0 Å². The summed E-state index contributed by atoms with van der Waals surface area (Å²) in [6, 6.07) is -0.0191. The van der Waals surface area contributed by atoms with Gasteiger partial charge in [0.15, 0.2) is 0 Å². The highest BCUT2D eigenvalue weighted by Gasteiger charge is 2.35. The molecule has 5 nitrogen and oxygen atoms in total. The Morgan fingerprint density at radius 1 is 1.37 bits per heavy atom. The molecule has 1 heterocycles. The first-order valence-electron chi connectivity index (χ1n) is 7.35. The molecule has 0 aromatic carbocycles. The lowest BCUT2D eigenvalue weighted by Gasteiger charge is -2.37. The van der Waals surface area contributed by atoms with Crippen LogP contribution in [0.5, 0.6) is 0 Å². The second kappa shape index (κ2) is 7.57. The van der Waals surface area contributed by atoms with Crippen LogP contribution in [0.15, 0.2) is 0 Å². The van der Waals surface area contributed by atoms with Crippen LogP contribution >= 0.6 is 0 Å². The highest BCUT2D eigenvalue weighted by molar-refractivity contribution is 7.86. The molecule has 0 amide bonds. The third kappa shape index (κ3) is 4.15. The average molecular weight is 292 g/mol. The molecular formula is C13H28N2O3S. The molecule has 1 aliphatic heterocycles. The minimum atomic E-state index is -3.44. The normalized spacial score (nSPS) is 22.3. The van der Waals surface area contributed by atoms with E-state index in [0.29, 0.717) is 19.0 Å². The van der Waals surface area contributed by atoms with E-state index in [4.69, 9.17) is 5.11 Å². The number of nitrogens with zero attached hydrogens (tertiary/aromatic N) is 2. The number of rotatable bonds is 7. The molecule has 1 N–H and O–H groups in total. The Labute approximate surface area is 117 Å². The SMILES string of the molecule is CCC(CC)N(CCO)S(=O)(=O)N1CCCC(C)C1. The zero-order valence-corrected chi connectivity index (χ0v) is 13.2. The van der Waals surface area contributed by atoms with Crippen LogP contribution in [0.1, 0.15) is 46.5 Å². The van der Waals surface area contributed by atoms with Gasteiger partial charge in [-0.3, -0.25) is 0 Å². The lowest BCUT2D eigenvalue weighted by atomic mass is 10.0. The summed E-state index contributed by atoms with van der Waals surface area (Å²) in [5.41, 5.74) is 0. The minimum absolute atomic E-state index is 0.0191. The first-order valence-corrected chi connectivity index (χ1v) is 8.74. The molecule has 0 saturated carbocycles. The first-order chi connectivity index (χ1) is 8.97. The zero-order chi connectivity index (χ0) is 14.5. The molecule has 1 aliphatic rings. The highest BCUT2D eigenvalue weighted by atomic mass is 32.2. The van der Waals surface area contributed by atoms with Crippen molar-refractivity contribution in [3.05, 3.63) is 0 Å². The van der Waals surface area contributed by atoms with Gasteiger partial charge in [0.05, 0.1) is 6.61 Å². The van der Waals surface area contributed by atoms with Crippen molar-refractivity contribution in [2.24, 2.45) is 5.92 Å². The van der Waals surface area contributed by atoms with Gasteiger partial charge in [-0.05, 0) is 31.6 Å². The summed E-state index contributed by atoms with van der Waals surface area (Å²) in [5.74, 6) is 0.418. The third-order valence-electron chi connectivity index (χ3n) is 3.91. The van der Waals surface area contributed by atoms with Crippen molar-refractivity contribution < 1.29 is 13.5 Å². The summed E-state index contributed by atoms with van der Waals surface area (Å²) in [5, 5.41) is 9.17. The summed E-state index contributed by atoms with van der Waals surface area (Å²) >= 11 is 0. The van der Waals surface area contributed by atoms with E-state index in [0.717, 1.165) is 25.7 Å². The van der Waals surface area contributed by atoms with Gasteiger partial charge in [-0.1, -0.05) is 20.8 Å². The van der Waals surface area contributed by atoms with Crippen molar-refractivity contribution in [2.45, 2.75) is 52.5 Å². The summed E-state index contributed by atoms with van der Waals surface area (Å²) in [6.07, 6.45) is 3.57. The number of hydrogen-bond donors (Lipinski definition) is 1. The minimum Gasteiger partial charge on any atom is -0.395 e. The molecule has 1 fully saturated rings. The topological polar surface area (TPSA) is 60.9 Å². The summed E-state index contributed by atoms with van der Waals surface area (Å²) < 4.78 is 28.5. The number of hydrogen-bond acceptors (Lipinski definition) is 3. The molecule has 0 spiro atoms. The van der Waals surface area contributed by atoms with Gasteiger partial charge in [0.25, 0.3) is 10.2 Å². The Morgan fingerprint density at radius 2 is 2.00 bits per heavy atom. The van der Waals surface area contributed by atoms with Crippen molar-refractivity contribution >= 4 is 10.2 Å². The van der Waals surface area contributed by atoms with E-state index < -0.39 is 10.2 Å². The van der Waals surface area contributed by atoms with E-state index in [1.807, 2.05) is 13.8 Å². The second-order valence-corrected chi connectivity index (χ2v) is 7.30. The Kier molecular flexibility index (Phi) is 6.73. The van der Waals surface area contributed by atoms with Crippen LogP contribution in [-0.2, 0) is 10.2 Å². The van der Waals surface area contributed by atoms with Crippen LogP contribution in [-0.4, -0.2) is 54.4 Å². The molecular weight excluding hydrogens is 264 g/mol. The van der Waals surface area contributed by atoms with Crippen molar-refractivity contribution in [3.63, 3.8) is 0 Å². The second-order valence-electron chi connectivity index (χ2n) is 5.42. The first kappa shape index (κ1) is 16.9. The van der Waals surface area contributed by atoms with Crippen LogP contribution in [0.4, 0.5) is 0 Å². The largest absolute Gasteiger partial charge is 0.395 e. The van der Waals surface area contributed by atoms with Gasteiger partial charge in [0, 0.05) is 25.7 Å². The molecule has 1 atom stereocenters. The maximum Gasteiger partial charge on any atom is 0.282 e. The van der Waals surface area contributed by atoms with E-state index >= 15 is 0 Å². The predicted octanol–water partition coefficient (Wildman–Crippen LogP) is 1.45. The average Bonchev–Trinajstić information content (AvgIpc) is 2.39. The Balaban J connectivity index is 2.91. The predicted molar refractivity (Wildman–Crippen MR) is 77.1 cm³/mol. The Morgan fingerprint density at radius 3 is 2.47 bits per heavy atom. The molecule has 1 rings (SSSR count). The van der Waals surface area contributed by atoms with Gasteiger partial charge < -0.3 is 5.11 Å². The van der Waals surface area contributed by atoms with Crippen LogP contribution in [0.3, 0.4) is 0 Å². The molecule has 0 radical (unpaired) electrons. The maximum atomic E-state index is 12.7. The lowest BCUT2D eigenvalue weighted by molar-refractivity contribution is 0.196. The molecule has 19 heavy (non-hydrogen) atoms. The van der Waals surface area contributed by atoms with Crippen LogP contribution in [0.25, 0.3) is 0 Å². The number of piperidine rings is 1.